The van der Waals surface area contributed by atoms with E-state index in [-0.39, 0.29) is 24.7 Å². The first-order valence-corrected chi connectivity index (χ1v) is 3.78. The average Bonchev–Trinajstić information content (AvgIpc) is 2.20. The van der Waals surface area contributed by atoms with E-state index < -0.39 is 5.91 Å². The van der Waals surface area contributed by atoms with Crippen molar-refractivity contribution in [2.45, 2.75) is 0 Å². The Balaban J connectivity index is 2.49. The van der Waals surface area contributed by atoms with Crippen LogP contribution in [0.3, 0.4) is 0 Å². The second kappa shape index (κ2) is 3.03. The predicted octanol–water partition coefficient (Wildman–Crippen LogP) is -0.962. The molecule has 0 saturated carbocycles. The number of rotatable bonds is 2. The molecule has 1 amide bonds. The van der Waals surface area contributed by atoms with Gasteiger partial charge in [0.15, 0.2) is 0 Å². The van der Waals surface area contributed by atoms with Crippen molar-refractivity contribution in [3.8, 4) is 0 Å². The van der Waals surface area contributed by atoms with Crippen LogP contribution in [0.1, 0.15) is 0 Å². The van der Waals surface area contributed by atoms with Gasteiger partial charge < -0.3 is 5.11 Å². The minimum atomic E-state index is -0.487. The fourth-order valence-electron chi connectivity index (χ4n) is 0.653. The fraction of sp³-hybridized carbons (Fsp3) is 0.600. The number of hydrogen-bond donors (Lipinski definition) is 1. The van der Waals surface area contributed by atoms with Gasteiger partial charge in [-0.1, -0.05) is 0 Å². The lowest BCUT2D eigenvalue weighted by atomic mass is 10.4. The van der Waals surface area contributed by atoms with Crippen molar-refractivity contribution in [3.63, 3.8) is 0 Å². The molecule has 4 nitrogen and oxygen atoms in total. The second-order valence-electron chi connectivity index (χ2n) is 1.83. The number of carbonyl (C=O) groups excluding carboxylic acids is 2. The Hall–Kier alpha value is -0.550. The van der Waals surface area contributed by atoms with Gasteiger partial charge in [-0.15, -0.1) is 0 Å². The molecule has 0 bridgehead atoms. The highest BCUT2D eigenvalue weighted by Gasteiger charge is 2.29. The molecule has 0 radical (unpaired) electrons. The third-order valence-electron chi connectivity index (χ3n) is 1.12. The van der Waals surface area contributed by atoms with Crippen LogP contribution in [0.2, 0.25) is 0 Å². The molecule has 1 saturated heterocycles. The average molecular weight is 161 g/mol. The molecule has 0 unspecified atom stereocenters. The lowest BCUT2D eigenvalue weighted by Crippen LogP contribution is -2.26. The zero-order valence-electron chi connectivity index (χ0n) is 5.24. The molecule has 0 spiro atoms. The van der Waals surface area contributed by atoms with Crippen molar-refractivity contribution in [3.05, 3.63) is 0 Å². The SMILES string of the molecule is O=C1CSN(CCO)C1=O. The molecular weight excluding hydrogens is 154 g/mol. The minimum Gasteiger partial charge on any atom is -0.394 e. The summed E-state index contributed by atoms with van der Waals surface area (Å²) in [5, 5.41) is 8.41. The Morgan fingerprint density at radius 2 is 2.30 bits per heavy atom. The largest absolute Gasteiger partial charge is 0.394 e. The molecule has 0 aromatic carbocycles. The van der Waals surface area contributed by atoms with E-state index >= 15 is 0 Å². The van der Waals surface area contributed by atoms with Crippen molar-refractivity contribution in [1.29, 1.82) is 0 Å². The Kier molecular flexibility index (Phi) is 2.29. The third-order valence-corrected chi connectivity index (χ3v) is 2.17. The van der Waals surface area contributed by atoms with Crippen molar-refractivity contribution in [2.75, 3.05) is 18.9 Å². The summed E-state index contributed by atoms with van der Waals surface area (Å²) < 4.78 is 1.28. The van der Waals surface area contributed by atoms with Gasteiger partial charge in [0.05, 0.1) is 18.9 Å². The smallest absolute Gasteiger partial charge is 0.300 e. The summed E-state index contributed by atoms with van der Waals surface area (Å²) >= 11 is 1.16. The summed E-state index contributed by atoms with van der Waals surface area (Å²) in [4.78, 5) is 21.3. The molecule has 1 fully saturated rings. The van der Waals surface area contributed by atoms with E-state index in [0.717, 1.165) is 11.9 Å². The molecule has 0 aromatic heterocycles. The molecule has 0 aliphatic carbocycles. The van der Waals surface area contributed by atoms with Gasteiger partial charge in [0.25, 0.3) is 0 Å². The van der Waals surface area contributed by atoms with Gasteiger partial charge in [0.2, 0.25) is 5.78 Å². The Bertz CT molecular complexity index is 170. The minimum absolute atomic E-state index is 0.0913. The van der Waals surface area contributed by atoms with Gasteiger partial charge in [-0.25, -0.2) is 0 Å². The first-order valence-electron chi connectivity index (χ1n) is 2.84. The van der Waals surface area contributed by atoms with Crippen molar-refractivity contribution in [2.24, 2.45) is 0 Å². The highest BCUT2D eigenvalue weighted by Crippen LogP contribution is 2.17. The summed E-state index contributed by atoms with van der Waals surface area (Å²) in [7, 11) is 0. The van der Waals surface area contributed by atoms with E-state index in [4.69, 9.17) is 5.11 Å². The Morgan fingerprint density at radius 3 is 2.70 bits per heavy atom. The number of aliphatic hydroxyl groups is 1. The number of β-amino-alcohol motifs (C(OH)–C–C–N with tert-alkyl or cyclic N) is 1. The van der Waals surface area contributed by atoms with E-state index in [2.05, 4.69) is 0 Å². The number of Topliss-reactive ketones (excluding diaryl/α,β-unsaturated/α-hetero) is 1. The van der Waals surface area contributed by atoms with E-state index in [1.54, 1.807) is 0 Å². The summed E-state index contributed by atoms with van der Waals surface area (Å²) in [6.45, 7) is 0.154. The lowest BCUT2D eigenvalue weighted by molar-refractivity contribution is -0.138. The Labute approximate surface area is 62.3 Å². The highest BCUT2D eigenvalue weighted by molar-refractivity contribution is 7.99. The molecule has 1 aliphatic rings. The molecular formula is C5H7NO3S. The summed E-state index contributed by atoms with van der Waals surface area (Å²) in [5.41, 5.74) is 0. The zero-order chi connectivity index (χ0) is 7.56. The summed E-state index contributed by atoms with van der Waals surface area (Å²) in [6, 6.07) is 0. The first-order chi connectivity index (χ1) is 4.75. The number of carbonyl (C=O) groups is 2. The standard InChI is InChI=1S/C5H7NO3S/c7-2-1-6-5(9)4(8)3-10-6/h7H,1-3H2. The normalized spacial score (nSPS) is 18.7. The van der Waals surface area contributed by atoms with Crippen LogP contribution in [0.15, 0.2) is 0 Å². The number of nitrogens with zero attached hydrogens (tertiary/aromatic N) is 1. The molecule has 10 heavy (non-hydrogen) atoms. The molecule has 1 N–H and O–H groups in total. The van der Waals surface area contributed by atoms with Gasteiger partial charge in [-0.2, -0.15) is 0 Å². The van der Waals surface area contributed by atoms with Crippen LogP contribution in [-0.4, -0.2) is 40.0 Å². The maximum absolute atomic E-state index is 10.7. The van der Waals surface area contributed by atoms with E-state index in [1.807, 2.05) is 0 Å². The van der Waals surface area contributed by atoms with Gasteiger partial charge in [-0.05, 0) is 11.9 Å². The number of ketones is 1. The van der Waals surface area contributed by atoms with Crippen LogP contribution in [0, 0.1) is 0 Å². The summed E-state index contributed by atoms with van der Waals surface area (Å²) in [5.74, 6) is -0.642. The molecule has 1 aliphatic heterocycles. The molecule has 5 heteroatoms. The van der Waals surface area contributed by atoms with E-state index in [9.17, 15) is 9.59 Å². The van der Waals surface area contributed by atoms with Gasteiger partial charge >= 0.3 is 5.91 Å². The van der Waals surface area contributed by atoms with Gasteiger partial charge in [0.1, 0.15) is 0 Å². The van der Waals surface area contributed by atoms with Crippen LogP contribution < -0.4 is 0 Å². The quantitative estimate of drug-likeness (QED) is 0.418. The fourth-order valence-corrected chi connectivity index (χ4v) is 1.48. The molecule has 0 atom stereocenters. The lowest BCUT2D eigenvalue weighted by Gasteiger charge is -2.08. The highest BCUT2D eigenvalue weighted by atomic mass is 32.2. The van der Waals surface area contributed by atoms with Crippen molar-refractivity contribution < 1.29 is 14.7 Å². The molecule has 0 aromatic rings. The van der Waals surface area contributed by atoms with Crippen LogP contribution in [0.4, 0.5) is 0 Å². The first kappa shape index (κ1) is 7.56. The van der Waals surface area contributed by atoms with Crippen LogP contribution in [-0.2, 0) is 9.59 Å². The predicted molar refractivity (Wildman–Crippen MR) is 36.3 cm³/mol. The zero-order valence-corrected chi connectivity index (χ0v) is 6.06. The molecule has 56 valence electrons. The van der Waals surface area contributed by atoms with Crippen molar-refractivity contribution in [1.82, 2.24) is 4.31 Å². The van der Waals surface area contributed by atoms with Crippen LogP contribution >= 0.6 is 11.9 Å². The molecule has 1 heterocycles. The topological polar surface area (TPSA) is 57.6 Å². The van der Waals surface area contributed by atoms with Gasteiger partial charge in [0, 0.05) is 0 Å². The maximum Gasteiger partial charge on any atom is 0.300 e. The monoisotopic (exact) mass is 161 g/mol. The third kappa shape index (κ3) is 1.30. The number of amides is 1. The van der Waals surface area contributed by atoms with Crippen molar-refractivity contribution >= 4 is 23.6 Å². The molecule has 1 rings (SSSR count). The maximum atomic E-state index is 10.7. The Morgan fingerprint density at radius 1 is 1.60 bits per heavy atom. The second-order valence-corrected chi connectivity index (χ2v) is 2.82. The van der Waals surface area contributed by atoms with E-state index in [1.165, 1.54) is 4.31 Å². The van der Waals surface area contributed by atoms with E-state index in [0.29, 0.717) is 0 Å². The number of aliphatic hydroxyl groups excluding tert-OH is 1. The number of hydrogen-bond acceptors (Lipinski definition) is 4. The van der Waals surface area contributed by atoms with Crippen LogP contribution in [0.25, 0.3) is 0 Å². The van der Waals surface area contributed by atoms with Crippen LogP contribution in [0.5, 0.6) is 0 Å². The van der Waals surface area contributed by atoms with Gasteiger partial charge in [-0.3, -0.25) is 13.9 Å². The summed E-state index contributed by atoms with van der Waals surface area (Å²) in [6.07, 6.45) is 0.